The third-order valence-electron chi connectivity index (χ3n) is 0.576. The number of rotatable bonds is 1. The molecule has 4 nitrogen and oxygen atoms in total. The van der Waals surface area contributed by atoms with Gasteiger partial charge in [-0.3, -0.25) is 0 Å². The molecule has 0 spiro atoms. The van der Waals surface area contributed by atoms with E-state index in [1.807, 2.05) is 0 Å². The Kier molecular flexibility index (Phi) is 1.44. The first-order chi connectivity index (χ1) is 3.64. The van der Waals surface area contributed by atoms with Crippen molar-refractivity contribution in [2.75, 3.05) is 5.88 Å². The molecular formula is C2H3ClO4S. The molecule has 0 radical (unpaired) electrons. The fraction of sp³-hybridized carbons (Fsp3) is 1.00. The Bertz CT molecular complexity index is 160. The van der Waals surface area contributed by atoms with E-state index in [9.17, 15) is 8.42 Å². The second-order valence-corrected chi connectivity index (χ2v) is 2.69. The van der Waals surface area contributed by atoms with Crippen molar-refractivity contribution in [3.8, 4) is 0 Å². The quantitative estimate of drug-likeness (QED) is 0.498. The standard InChI is InChI=1S/C2H3ClO4S/c3-1-2-6-8(4,5)7-2/h2H,1H2. The van der Waals surface area contributed by atoms with Crippen LogP contribution < -0.4 is 0 Å². The molecule has 0 aromatic carbocycles. The van der Waals surface area contributed by atoms with Crippen LogP contribution in [0.3, 0.4) is 0 Å². The summed E-state index contributed by atoms with van der Waals surface area (Å²) < 4.78 is 28.1. The molecule has 1 heterocycles. The highest BCUT2D eigenvalue weighted by molar-refractivity contribution is 7.82. The molecule has 0 bridgehead atoms. The average molecular weight is 159 g/mol. The van der Waals surface area contributed by atoms with E-state index in [1.165, 1.54) is 0 Å². The van der Waals surface area contributed by atoms with Crippen molar-refractivity contribution in [2.24, 2.45) is 0 Å². The Labute approximate surface area is 51.7 Å². The van der Waals surface area contributed by atoms with Crippen LogP contribution in [0.2, 0.25) is 0 Å². The van der Waals surface area contributed by atoms with Gasteiger partial charge < -0.3 is 0 Å². The van der Waals surface area contributed by atoms with Crippen molar-refractivity contribution in [2.45, 2.75) is 6.29 Å². The monoisotopic (exact) mass is 158 g/mol. The normalized spacial score (nSPS) is 27.1. The van der Waals surface area contributed by atoms with Crippen LogP contribution >= 0.6 is 11.6 Å². The molecule has 1 aliphatic heterocycles. The maximum Gasteiger partial charge on any atom is 0.405 e. The van der Waals surface area contributed by atoms with Gasteiger partial charge >= 0.3 is 10.4 Å². The maximum atomic E-state index is 9.95. The lowest BCUT2D eigenvalue weighted by atomic mass is 10.8. The van der Waals surface area contributed by atoms with Crippen LogP contribution in [0.5, 0.6) is 0 Å². The minimum atomic E-state index is -3.63. The first kappa shape index (κ1) is 6.28. The predicted molar refractivity (Wildman–Crippen MR) is 25.6 cm³/mol. The topological polar surface area (TPSA) is 52.6 Å². The molecule has 0 atom stereocenters. The van der Waals surface area contributed by atoms with Crippen molar-refractivity contribution in [1.82, 2.24) is 0 Å². The van der Waals surface area contributed by atoms with Gasteiger partial charge in [-0.15, -0.1) is 11.6 Å². The van der Waals surface area contributed by atoms with Gasteiger partial charge in [0.2, 0.25) is 6.29 Å². The molecule has 0 unspecified atom stereocenters. The summed E-state index contributed by atoms with van der Waals surface area (Å²) in [6.07, 6.45) is -0.762. The van der Waals surface area contributed by atoms with E-state index < -0.39 is 16.7 Å². The Balaban J connectivity index is 2.43. The van der Waals surface area contributed by atoms with Crippen LogP contribution in [0.4, 0.5) is 0 Å². The largest absolute Gasteiger partial charge is 0.405 e. The first-order valence-corrected chi connectivity index (χ1v) is 3.68. The molecule has 6 heteroatoms. The summed E-state index contributed by atoms with van der Waals surface area (Å²) in [5.74, 6) is 0.0409. The van der Waals surface area contributed by atoms with Gasteiger partial charge in [0.25, 0.3) is 0 Å². The van der Waals surface area contributed by atoms with Crippen LogP contribution in [0, 0.1) is 0 Å². The summed E-state index contributed by atoms with van der Waals surface area (Å²) in [6, 6.07) is 0. The SMILES string of the molecule is O=S1(=O)OC(CCl)O1. The first-order valence-electron chi connectivity index (χ1n) is 1.81. The molecule has 0 aromatic rings. The third-order valence-corrected chi connectivity index (χ3v) is 1.73. The van der Waals surface area contributed by atoms with Gasteiger partial charge in [0, 0.05) is 0 Å². The molecule has 48 valence electrons. The van der Waals surface area contributed by atoms with Crippen molar-refractivity contribution in [3.05, 3.63) is 0 Å². The second kappa shape index (κ2) is 1.84. The van der Waals surface area contributed by atoms with E-state index in [0.717, 1.165) is 0 Å². The highest BCUT2D eigenvalue weighted by Gasteiger charge is 2.34. The van der Waals surface area contributed by atoms with E-state index in [2.05, 4.69) is 8.37 Å². The minimum absolute atomic E-state index is 0.0409. The van der Waals surface area contributed by atoms with Gasteiger partial charge in [-0.2, -0.15) is 8.42 Å². The summed E-state index contributed by atoms with van der Waals surface area (Å²) in [5, 5.41) is 0. The van der Waals surface area contributed by atoms with Gasteiger partial charge in [-0.25, -0.2) is 8.37 Å². The van der Waals surface area contributed by atoms with Gasteiger partial charge in [0.05, 0.1) is 5.88 Å². The third kappa shape index (κ3) is 1.11. The van der Waals surface area contributed by atoms with Gasteiger partial charge in [0.1, 0.15) is 0 Å². The molecule has 8 heavy (non-hydrogen) atoms. The van der Waals surface area contributed by atoms with Crippen LogP contribution in [-0.4, -0.2) is 20.6 Å². The van der Waals surface area contributed by atoms with E-state index in [4.69, 9.17) is 11.6 Å². The highest BCUT2D eigenvalue weighted by atomic mass is 35.5. The molecular weight excluding hydrogens is 156 g/mol. The second-order valence-electron chi connectivity index (χ2n) is 1.18. The molecule has 0 aliphatic carbocycles. The average Bonchev–Trinajstić information content (AvgIpc) is 1.60. The summed E-state index contributed by atoms with van der Waals surface area (Å²) in [6.45, 7) is 0. The molecule has 1 fully saturated rings. The summed E-state index contributed by atoms with van der Waals surface area (Å²) in [5.41, 5.74) is 0. The molecule has 1 rings (SSSR count). The lowest BCUT2D eigenvalue weighted by Gasteiger charge is -2.22. The maximum absolute atomic E-state index is 9.95. The molecule has 0 aromatic heterocycles. The Morgan fingerprint density at radius 1 is 1.50 bits per heavy atom. The zero-order chi connectivity index (χ0) is 6.20. The van der Waals surface area contributed by atoms with E-state index >= 15 is 0 Å². The van der Waals surface area contributed by atoms with Gasteiger partial charge in [-0.1, -0.05) is 0 Å². The van der Waals surface area contributed by atoms with Crippen molar-refractivity contribution < 1.29 is 16.8 Å². The molecule has 1 saturated heterocycles. The predicted octanol–water partition coefficient (Wildman–Crippen LogP) is -0.157. The highest BCUT2D eigenvalue weighted by Crippen LogP contribution is 2.18. The van der Waals surface area contributed by atoms with Gasteiger partial charge in [0.15, 0.2) is 0 Å². The summed E-state index contributed by atoms with van der Waals surface area (Å²) in [7, 11) is -3.63. The smallest absolute Gasteiger partial charge is 0.213 e. The molecule has 0 saturated carbocycles. The van der Waals surface area contributed by atoms with Crippen molar-refractivity contribution >= 4 is 22.0 Å². The Morgan fingerprint density at radius 3 is 2.12 bits per heavy atom. The number of hydrogen-bond donors (Lipinski definition) is 0. The summed E-state index contributed by atoms with van der Waals surface area (Å²) >= 11 is 5.12. The van der Waals surface area contributed by atoms with Gasteiger partial charge in [-0.05, 0) is 0 Å². The lowest BCUT2D eigenvalue weighted by Crippen LogP contribution is -2.37. The van der Waals surface area contributed by atoms with Crippen LogP contribution in [0.25, 0.3) is 0 Å². The van der Waals surface area contributed by atoms with Crippen molar-refractivity contribution in [3.63, 3.8) is 0 Å². The fourth-order valence-corrected chi connectivity index (χ4v) is 1.27. The molecule has 0 N–H and O–H groups in total. The van der Waals surface area contributed by atoms with E-state index in [1.54, 1.807) is 0 Å². The fourth-order valence-electron chi connectivity index (χ4n) is 0.322. The van der Waals surface area contributed by atoms with E-state index in [0.29, 0.717) is 0 Å². The Hall–Kier alpha value is 0.160. The molecule has 1 aliphatic rings. The number of hydrogen-bond acceptors (Lipinski definition) is 4. The zero-order valence-corrected chi connectivity index (χ0v) is 5.28. The Morgan fingerprint density at radius 2 is 2.00 bits per heavy atom. The summed E-state index contributed by atoms with van der Waals surface area (Å²) in [4.78, 5) is 0. The number of halogens is 1. The van der Waals surface area contributed by atoms with Crippen LogP contribution in [-0.2, 0) is 18.8 Å². The van der Waals surface area contributed by atoms with E-state index in [-0.39, 0.29) is 5.88 Å². The van der Waals surface area contributed by atoms with Crippen LogP contribution in [0.1, 0.15) is 0 Å². The number of alkyl halides is 1. The van der Waals surface area contributed by atoms with Crippen LogP contribution in [0.15, 0.2) is 0 Å². The lowest BCUT2D eigenvalue weighted by molar-refractivity contribution is -0.0615. The molecule has 0 amide bonds. The zero-order valence-electron chi connectivity index (χ0n) is 3.70. The minimum Gasteiger partial charge on any atom is -0.213 e. The van der Waals surface area contributed by atoms with Crippen molar-refractivity contribution in [1.29, 1.82) is 0 Å².